The molecule has 12 heteroatoms. The standard InChI is InChI=1S/C31H40N8O4.C2H6/c1-20-25-18-33-31(35-29(25)39(23-5-3-4-6-23)30(43)28(20)21(2)41)34-26-8-7-24(17-32-26)36-11-9-22(10-12-36)37-13-15-38(16-14-37)27(42)19-40;1-2/h7-8,17-18,22-23,40H,3-6,9-16,19H2,1-2H3,(H,32,33,34,35);1-2H3. The van der Waals surface area contributed by atoms with Gasteiger partial charge in [0.05, 0.1) is 17.4 Å². The van der Waals surface area contributed by atoms with E-state index in [1.165, 1.54) is 6.92 Å². The number of hydrogen-bond donors (Lipinski definition) is 2. The third-order valence-electron chi connectivity index (χ3n) is 9.39. The molecule has 2 aliphatic heterocycles. The molecule has 1 amide bonds. The maximum absolute atomic E-state index is 13.5. The number of amides is 1. The summed E-state index contributed by atoms with van der Waals surface area (Å²) in [5.41, 5.74) is 2.20. The number of nitrogens with zero attached hydrogens (tertiary/aromatic N) is 7. The Morgan fingerprint density at radius 1 is 0.933 bits per heavy atom. The third kappa shape index (κ3) is 6.86. The minimum absolute atomic E-state index is 0.0260. The van der Waals surface area contributed by atoms with E-state index in [0.717, 1.165) is 75.8 Å². The molecule has 3 fully saturated rings. The van der Waals surface area contributed by atoms with Crippen molar-refractivity contribution in [3.05, 3.63) is 46.0 Å². The lowest BCUT2D eigenvalue weighted by molar-refractivity contribution is -0.136. The van der Waals surface area contributed by atoms with Crippen LogP contribution in [0.25, 0.3) is 11.0 Å². The van der Waals surface area contributed by atoms with Gasteiger partial charge in [-0.1, -0.05) is 26.7 Å². The molecule has 5 heterocycles. The summed E-state index contributed by atoms with van der Waals surface area (Å²) in [5.74, 6) is 0.548. The van der Waals surface area contributed by atoms with Crippen molar-refractivity contribution < 1.29 is 14.7 Å². The normalized spacial score (nSPS) is 18.2. The maximum atomic E-state index is 13.5. The largest absolute Gasteiger partial charge is 0.387 e. The zero-order valence-electron chi connectivity index (χ0n) is 27.0. The van der Waals surface area contributed by atoms with Crippen molar-refractivity contribution in [2.24, 2.45) is 0 Å². The highest BCUT2D eigenvalue weighted by Gasteiger charge is 2.29. The van der Waals surface area contributed by atoms with Gasteiger partial charge in [0.15, 0.2) is 5.78 Å². The van der Waals surface area contributed by atoms with E-state index < -0.39 is 6.61 Å². The molecule has 12 nitrogen and oxygen atoms in total. The quantitative estimate of drug-likeness (QED) is 0.377. The summed E-state index contributed by atoms with van der Waals surface area (Å²) in [7, 11) is 0. The summed E-state index contributed by atoms with van der Waals surface area (Å²) >= 11 is 0. The van der Waals surface area contributed by atoms with Crippen molar-refractivity contribution in [3.63, 3.8) is 0 Å². The maximum Gasteiger partial charge on any atom is 0.263 e. The van der Waals surface area contributed by atoms with Gasteiger partial charge in [-0.25, -0.2) is 9.97 Å². The van der Waals surface area contributed by atoms with Crippen LogP contribution in [0.3, 0.4) is 0 Å². The number of pyridine rings is 2. The smallest absolute Gasteiger partial charge is 0.263 e. The first-order valence-corrected chi connectivity index (χ1v) is 16.4. The zero-order valence-corrected chi connectivity index (χ0v) is 27.0. The Balaban J connectivity index is 0.00000196. The average molecular weight is 619 g/mol. The predicted molar refractivity (Wildman–Crippen MR) is 175 cm³/mol. The number of anilines is 3. The van der Waals surface area contributed by atoms with Crippen LogP contribution in [0.15, 0.2) is 29.3 Å². The molecule has 3 aliphatic rings. The number of carbonyl (C=O) groups is 2. The van der Waals surface area contributed by atoms with Gasteiger partial charge in [-0.15, -0.1) is 0 Å². The number of aryl methyl sites for hydroxylation is 1. The molecular formula is C33H46N8O4. The Kier molecular flexibility index (Phi) is 10.4. The molecule has 1 saturated carbocycles. The predicted octanol–water partition coefficient (Wildman–Crippen LogP) is 3.69. The zero-order chi connectivity index (χ0) is 32.1. The minimum Gasteiger partial charge on any atom is -0.387 e. The van der Waals surface area contributed by atoms with E-state index in [1.54, 1.807) is 22.6 Å². The molecule has 0 spiro atoms. The number of aromatic nitrogens is 4. The highest BCUT2D eigenvalue weighted by atomic mass is 16.3. The number of rotatable bonds is 7. The summed E-state index contributed by atoms with van der Waals surface area (Å²) in [6.07, 6.45) is 9.54. The van der Waals surface area contributed by atoms with Gasteiger partial charge in [0.25, 0.3) is 5.56 Å². The number of hydrogen-bond acceptors (Lipinski definition) is 10. The van der Waals surface area contributed by atoms with Crippen LogP contribution in [0.4, 0.5) is 17.5 Å². The number of fused-ring (bicyclic) bond motifs is 1. The second-order valence-corrected chi connectivity index (χ2v) is 11.9. The molecular weight excluding hydrogens is 572 g/mol. The molecule has 0 aromatic carbocycles. The number of aliphatic hydroxyl groups is 1. The molecule has 0 bridgehead atoms. The lowest BCUT2D eigenvalue weighted by atomic mass is 10.0. The number of piperazine rings is 1. The summed E-state index contributed by atoms with van der Waals surface area (Å²) in [6, 6.07) is 4.49. The fourth-order valence-corrected chi connectivity index (χ4v) is 7.00. The Morgan fingerprint density at radius 2 is 1.62 bits per heavy atom. The number of aliphatic hydroxyl groups excluding tert-OH is 1. The molecule has 0 atom stereocenters. The lowest BCUT2D eigenvalue weighted by Crippen LogP contribution is -2.54. The van der Waals surface area contributed by atoms with E-state index in [4.69, 9.17) is 10.1 Å². The average Bonchev–Trinajstić information content (AvgIpc) is 3.60. The number of carbonyl (C=O) groups excluding carboxylic acids is 2. The Bertz CT molecular complexity index is 1550. The molecule has 45 heavy (non-hydrogen) atoms. The van der Waals surface area contributed by atoms with Crippen LogP contribution in [0, 0.1) is 6.92 Å². The molecule has 2 N–H and O–H groups in total. The molecule has 6 rings (SSSR count). The lowest BCUT2D eigenvalue weighted by Gasteiger charge is -2.43. The van der Waals surface area contributed by atoms with Gasteiger partial charge < -0.3 is 20.2 Å². The van der Waals surface area contributed by atoms with Crippen molar-refractivity contribution >= 4 is 40.2 Å². The van der Waals surface area contributed by atoms with Gasteiger partial charge in [-0.05, 0) is 57.2 Å². The fraction of sp³-hybridized carbons (Fsp3) is 0.576. The highest BCUT2D eigenvalue weighted by molar-refractivity contribution is 5.99. The molecule has 0 radical (unpaired) electrons. The van der Waals surface area contributed by atoms with E-state index in [1.807, 2.05) is 32.2 Å². The molecule has 2 saturated heterocycles. The minimum atomic E-state index is -0.415. The molecule has 3 aromatic rings. The molecule has 0 unspecified atom stereocenters. The first kappa shape index (κ1) is 32.5. The van der Waals surface area contributed by atoms with Gasteiger partial charge in [0, 0.05) is 62.9 Å². The summed E-state index contributed by atoms with van der Waals surface area (Å²) in [6.45, 7) is 11.7. The molecule has 3 aromatic heterocycles. The van der Waals surface area contributed by atoms with Crippen molar-refractivity contribution in [3.8, 4) is 0 Å². The van der Waals surface area contributed by atoms with Crippen LogP contribution in [0.5, 0.6) is 0 Å². The SMILES string of the molecule is CC.CC(=O)c1c(C)c2cnc(Nc3ccc(N4CCC(N5CCN(C(=O)CO)CC5)CC4)cn3)nc2n(C2CCCC2)c1=O. The molecule has 242 valence electrons. The van der Waals surface area contributed by atoms with Gasteiger partial charge in [-0.2, -0.15) is 4.98 Å². The van der Waals surface area contributed by atoms with Crippen molar-refractivity contribution in [1.82, 2.24) is 29.3 Å². The second-order valence-electron chi connectivity index (χ2n) is 11.9. The third-order valence-corrected chi connectivity index (χ3v) is 9.39. The monoisotopic (exact) mass is 618 g/mol. The van der Waals surface area contributed by atoms with Gasteiger partial charge in [-0.3, -0.25) is 23.9 Å². The Labute approximate surface area is 264 Å². The van der Waals surface area contributed by atoms with Crippen LogP contribution in [-0.2, 0) is 4.79 Å². The van der Waals surface area contributed by atoms with Crippen molar-refractivity contribution in [2.75, 3.05) is 56.1 Å². The number of nitrogens with one attached hydrogen (secondary N) is 1. The van der Waals surface area contributed by atoms with Gasteiger partial charge >= 0.3 is 0 Å². The first-order chi connectivity index (χ1) is 21.8. The summed E-state index contributed by atoms with van der Waals surface area (Å²) < 4.78 is 1.72. The van der Waals surface area contributed by atoms with E-state index in [2.05, 4.69) is 25.1 Å². The topological polar surface area (TPSA) is 137 Å². The Morgan fingerprint density at radius 3 is 2.22 bits per heavy atom. The number of ketones is 1. The summed E-state index contributed by atoms with van der Waals surface area (Å²) in [5, 5.41) is 13.0. The van der Waals surface area contributed by atoms with Crippen LogP contribution >= 0.6 is 0 Å². The first-order valence-electron chi connectivity index (χ1n) is 16.4. The van der Waals surface area contributed by atoms with Crippen molar-refractivity contribution in [1.29, 1.82) is 0 Å². The van der Waals surface area contributed by atoms with Gasteiger partial charge in [0.2, 0.25) is 11.9 Å². The van der Waals surface area contributed by atoms with E-state index in [9.17, 15) is 14.4 Å². The van der Waals surface area contributed by atoms with E-state index in [-0.39, 0.29) is 28.9 Å². The highest BCUT2D eigenvalue weighted by Crippen LogP contribution is 2.32. The summed E-state index contributed by atoms with van der Waals surface area (Å²) in [4.78, 5) is 58.1. The van der Waals surface area contributed by atoms with Crippen LogP contribution in [0.2, 0.25) is 0 Å². The van der Waals surface area contributed by atoms with Crippen LogP contribution < -0.4 is 15.8 Å². The van der Waals surface area contributed by atoms with Crippen molar-refractivity contribution in [2.45, 2.75) is 78.3 Å². The van der Waals surface area contributed by atoms with Crippen LogP contribution in [0.1, 0.15) is 81.3 Å². The van der Waals surface area contributed by atoms with E-state index in [0.29, 0.717) is 42.1 Å². The van der Waals surface area contributed by atoms with Gasteiger partial charge in [0.1, 0.15) is 18.1 Å². The fourth-order valence-electron chi connectivity index (χ4n) is 7.00. The number of piperidine rings is 1. The number of Topliss-reactive ketones (excluding diaryl/α,β-unsaturated/α-hetero) is 1. The second kappa shape index (κ2) is 14.5. The Hall–Kier alpha value is -3.90. The van der Waals surface area contributed by atoms with E-state index >= 15 is 0 Å². The molecule has 1 aliphatic carbocycles. The van der Waals surface area contributed by atoms with Crippen LogP contribution in [-0.4, -0.2) is 98.0 Å².